The van der Waals surface area contributed by atoms with Gasteiger partial charge in [0, 0.05) is 7.05 Å². The Hall–Kier alpha value is -1.42. The van der Waals surface area contributed by atoms with Gasteiger partial charge in [-0.1, -0.05) is 6.07 Å². The summed E-state index contributed by atoms with van der Waals surface area (Å²) < 4.78 is 13.3. The predicted molar refractivity (Wildman–Crippen MR) is 50.9 cm³/mol. The lowest BCUT2D eigenvalue weighted by atomic mass is 10.1. The van der Waals surface area contributed by atoms with E-state index >= 15 is 0 Å². The van der Waals surface area contributed by atoms with Gasteiger partial charge in [-0.3, -0.25) is 4.99 Å². The average molecular weight is 181 g/mol. The lowest BCUT2D eigenvalue weighted by molar-refractivity contribution is 0.622. The van der Waals surface area contributed by atoms with E-state index in [1.807, 2.05) is 6.92 Å². The maximum absolute atomic E-state index is 13.3. The molecule has 0 spiro atoms. The van der Waals surface area contributed by atoms with E-state index in [4.69, 9.17) is 5.84 Å². The molecule has 3 nitrogen and oxygen atoms in total. The SMILES string of the molecule is CN=C(NN)c1ccc(C)cc1F. The molecule has 0 saturated heterocycles. The minimum atomic E-state index is -0.321. The molecular formula is C9H12FN3. The van der Waals surface area contributed by atoms with Crippen molar-refractivity contribution < 1.29 is 4.39 Å². The second kappa shape index (κ2) is 4.00. The van der Waals surface area contributed by atoms with Crippen molar-refractivity contribution in [1.82, 2.24) is 5.43 Å². The van der Waals surface area contributed by atoms with Crippen molar-refractivity contribution in [3.8, 4) is 0 Å². The summed E-state index contributed by atoms with van der Waals surface area (Å²) in [4.78, 5) is 3.81. The lowest BCUT2D eigenvalue weighted by Gasteiger charge is -2.06. The average Bonchev–Trinajstić information content (AvgIpc) is 2.10. The molecule has 70 valence electrons. The van der Waals surface area contributed by atoms with Gasteiger partial charge in [-0.15, -0.1) is 0 Å². The van der Waals surface area contributed by atoms with Crippen molar-refractivity contribution in [1.29, 1.82) is 0 Å². The molecule has 0 atom stereocenters. The van der Waals surface area contributed by atoms with E-state index in [1.54, 1.807) is 19.2 Å². The van der Waals surface area contributed by atoms with Crippen LogP contribution in [-0.4, -0.2) is 12.9 Å². The number of benzene rings is 1. The Morgan fingerprint density at radius 2 is 2.23 bits per heavy atom. The Balaban J connectivity index is 3.15. The summed E-state index contributed by atoms with van der Waals surface area (Å²) in [6.07, 6.45) is 0. The molecule has 1 aromatic rings. The zero-order valence-corrected chi connectivity index (χ0v) is 7.63. The highest BCUT2D eigenvalue weighted by molar-refractivity contribution is 5.98. The molecule has 0 saturated carbocycles. The van der Waals surface area contributed by atoms with Gasteiger partial charge >= 0.3 is 0 Å². The minimum Gasteiger partial charge on any atom is -0.308 e. The van der Waals surface area contributed by atoms with Gasteiger partial charge in [-0.2, -0.15) is 0 Å². The van der Waals surface area contributed by atoms with Gasteiger partial charge in [-0.25, -0.2) is 10.2 Å². The molecule has 4 heteroatoms. The maximum Gasteiger partial charge on any atom is 0.145 e. The van der Waals surface area contributed by atoms with Gasteiger partial charge < -0.3 is 5.43 Å². The Morgan fingerprint density at radius 3 is 2.69 bits per heavy atom. The van der Waals surface area contributed by atoms with Crippen LogP contribution in [-0.2, 0) is 0 Å². The van der Waals surface area contributed by atoms with Gasteiger partial charge in [0.1, 0.15) is 11.7 Å². The first kappa shape index (κ1) is 9.67. The number of hydrogen-bond donors (Lipinski definition) is 2. The molecule has 0 aromatic heterocycles. The molecule has 0 amide bonds. The quantitative estimate of drug-likeness (QED) is 0.293. The molecule has 0 fully saturated rings. The van der Waals surface area contributed by atoms with E-state index in [0.717, 1.165) is 5.56 Å². The van der Waals surface area contributed by atoms with Crippen LogP contribution in [0, 0.1) is 12.7 Å². The second-order valence-corrected chi connectivity index (χ2v) is 2.70. The lowest BCUT2D eigenvalue weighted by Crippen LogP contribution is -2.31. The highest BCUT2D eigenvalue weighted by atomic mass is 19.1. The highest BCUT2D eigenvalue weighted by Gasteiger charge is 2.06. The number of hydrogen-bond acceptors (Lipinski definition) is 2. The summed E-state index contributed by atoms with van der Waals surface area (Å²) in [6, 6.07) is 4.89. The van der Waals surface area contributed by atoms with Crippen LogP contribution < -0.4 is 11.3 Å². The Kier molecular flexibility index (Phi) is 2.97. The standard InChI is InChI=1S/C9H12FN3/c1-6-3-4-7(8(10)5-6)9(12-2)13-11/h3-5H,11H2,1-2H3,(H,12,13). The number of aliphatic imine (C=N–C) groups is 1. The van der Waals surface area contributed by atoms with Crippen LogP contribution in [0.25, 0.3) is 0 Å². The summed E-state index contributed by atoms with van der Waals surface area (Å²) in [5.74, 6) is 5.20. The summed E-state index contributed by atoms with van der Waals surface area (Å²) in [6.45, 7) is 1.82. The van der Waals surface area contributed by atoms with Gasteiger partial charge in [0.25, 0.3) is 0 Å². The molecule has 0 radical (unpaired) electrons. The molecule has 3 N–H and O–H groups in total. The monoisotopic (exact) mass is 181 g/mol. The third-order valence-corrected chi connectivity index (χ3v) is 1.74. The third-order valence-electron chi connectivity index (χ3n) is 1.74. The first-order chi connectivity index (χ1) is 6.19. The number of halogens is 1. The van der Waals surface area contributed by atoms with Gasteiger partial charge in [-0.05, 0) is 24.6 Å². The molecule has 1 aromatic carbocycles. The van der Waals surface area contributed by atoms with Crippen molar-refractivity contribution >= 4 is 5.84 Å². The van der Waals surface area contributed by atoms with Gasteiger partial charge in [0.15, 0.2) is 0 Å². The second-order valence-electron chi connectivity index (χ2n) is 2.70. The van der Waals surface area contributed by atoms with Crippen LogP contribution in [0.3, 0.4) is 0 Å². The van der Waals surface area contributed by atoms with Gasteiger partial charge in [0.2, 0.25) is 0 Å². The predicted octanol–water partition coefficient (Wildman–Crippen LogP) is 0.974. The van der Waals surface area contributed by atoms with E-state index < -0.39 is 0 Å². The number of nitrogens with one attached hydrogen (secondary N) is 1. The molecule has 0 bridgehead atoms. The summed E-state index contributed by atoms with van der Waals surface area (Å²) in [5, 5.41) is 0. The first-order valence-electron chi connectivity index (χ1n) is 3.89. The number of nitrogens with zero attached hydrogens (tertiary/aromatic N) is 1. The topological polar surface area (TPSA) is 50.4 Å². The number of amidine groups is 1. The number of rotatable bonds is 1. The van der Waals surface area contributed by atoms with E-state index in [1.165, 1.54) is 6.07 Å². The smallest absolute Gasteiger partial charge is 0.145 e. The minimum absolute atomic E-state index is 0.321. The van der Waals surface area contributed by atoms with Crippen molar-refractivity contribution in [3.05, 3.63) is 35.1 Å². The number of hydrazine groups is 1. The van der Waals surface area contributed by atoms with Crippen LogP contribution in [0.15, 0.2) is 23.2 Å². The number of nitrogens with two attached hydrogens (primary N) is 1. The molecule has 1 rings (SSSR count). The fourth-order valence-electron chi connectivity index (χ4n) is 1.07. The zero-order valence-electron chi connectivity index (χ0n) is 7.63. The zero-order chi connectivity index (χ0) is 9.84. The van der Waals surface area contributed by atoms with E-state index in [2.05, 4.69) is 10.4 Å². The third kappa shape index (κ3) is 2.03. The van der Waals surface area contributed by atoms with Crippen molar-refractivity contribution in [3.63, 3.8) is 0 Å². The van der Waals surface area contributed by atoms with Crippen molar-refractivity contribution in [2.24, 2.45) is 10.8 Å². The molecule has 0 unspecified atom stereocenters. The summed E-state index contributed by atoms with van der Waals surface area (Å²) >= 11 is 0. The molecule has 0 aliphatic rings. The first-order valence-corrected chi connectivity index (χ1v) is 3.89. The maximum atomic E-state index is 13.3. The van der Waals surface area contributed by atoms with E-state index in [0.29, 0.717) is 11.4 Å². The van der Waals surface area contributed by atoms with Crippen LogP contribution in [0.4, 0.5) is 4.39 Å². The molecule has 0 aliphatic heterocycles. The Labute approximate surface area is 76.4 Å². The van der Waals surface area contributed by atoms with Crippen LogP contribution in [0.5, 0.6) is 0 Å². The number of aryl methyl sites for hydroxylation is 1. The Bertz CT molecular complexity index is 334. The summed E-state index contributed by atoms with van der Waals surface area (Å²) in [7, 11) is 1.55. The van der Waals surface area contributed by atoms with Crippen LogP contribution in [0.1, 0.15) is 11.1 Å². The summed E-state index contributed by atoms with van der Waals surface area (Å²) in [5.41, 5.74) is 3.59. The molecule has 13 heavy (non-hydrogen) atoms. The normalized spacial score (nSPS) is 11.5. The molecular weight excluding hydrogens is 169 g/mol. The fourth-order valence-corrected chi connectivity index (χ4v) is 1.07. The largest absolute Gasteiger partial charge is 0.308 e. The van der Waals surface area contributed by atoms with Crippen LogP contribution >= 0.6 is 0 Å². The van der Waals surface area contributed by atoms with Crippen molar-refractivity contribution in [2.75, 3.05) is 7.05 Å². The van der Waals surface area contributed by atoms with Crippen LogP contribution in [0.2, 0.25) is 0 Å². The van der Waals surface area contributed by atoms with E-state index in [-0.39, 0.29) is 5.82 Å². The van der Waals surface area contributed by atoms with Gasteiger partial charge in [0.05, 0.1) is 5.56 Å². The van der Waals surface area contributed by atoms with Crippen molar-refractivity contribution in [2.45, 2.75) is 6.92 Å². The highest BCUT2D eigenvalue weighted by Crippen LogP contribution is 2.09. The fraction of sp³-hybridized carbons (Fsp3) is 0.222. The van der Waals surface area contributed by atoms with E-state index in [9.17, 15) is 4.39 Å². The molecule has 0 heterocycles. The Morgan fingerprint density at radius 1 is 1.54 bits per heavy atom. The molecule has 0 aliphatic carbocycles.